The molecule has 0 aliphatic carbocycles. The maximum Gasteiger partial charge on any atom is 0.228 e. The van der Waals surface area contributed by atoms with Gasteiger partial charge in [-0.05, 0) is 30.4 Å². The molecule has 3 rings (SSSR count). The van der Waals surface area contributed by atoms with Crippen molar-refractivity contribution < 1.29 is 19.1 Å². The van der Waals surface area contributed by atoms with E-state index in [1.54, 1.807) is 31.3 Å². The lowest BCUT2D eigenvalue weighted by atomic mass is 9.91. The van der Waals surface area contributed by atoms with Crippen LogP contribution in [0.5, 0.6) is 11.5 Å². The topological polar surface area (TPSA) is 59.1 Å². The average Bonchev–Trinajstić information content (AvgIpc) is 3.01. The predicted octanol–water partition coefficient (Wildman–Crippen LogP) is 2.56. The Morgan fingerprint density at radius 2 is 1.77 bits per heavy atom. The van der Waals surface area contributed by atoms with E-state index in [9.17, 15) is 9.59 Å². The van der Waals surface area contributed by atoms with E-state index in [1.807, 2.05) is 11.0 Å². The summed E-state index contributed by atoms with van der Waals surface area (Å²) in [5, 5.41) is 0. The van der Waals surface area contributed by atoms with E-state index in [4.69, 9.17) is 9.47 Å². The number of methoxy groups -OCH3 is 2. The third-order valence-corrected chi connectivity index (χ3v) is 5.33. The zero-order valence-corrected chi connectivity index (χ0v) is 16.0. The Kier molecular flexibility index (Phi) is 5.39. The Hall–Kier alpha value is -2.24. The SMILES string of the molecule is COc1ccc(N2C[C@@H](C(=O)N3C[C@H](C)C[C@@H](C)C3)CC2=O)c(OC)c1. The van der Waals surface area contributed by atoms with Crippen molar-refractivity contribution in [3.05, 3.63) is 18.2 Å². The summed E-state index contributed by atoms with van der Waals surface area (Å²) in [5.74, 6) is 2.05. The second-order valence-corrected chi connectivity index (χ2v) is 7.63. The van der Waals surface area contributed by atoms with E-state index >= 15 is 0 Å². The van der Waals surface area contributed by atoms with Crippen LogP contribution in [0.25, 0.3) is 0 Å². The number of hydrogen-bond donors (Lipinski definition) is 0. The number of nitrogens with zero attached hydrogens (tertiary/aromatic N) is 2. The molecule has 2 aliphatic rings. The maximum atomic E-state index is 13.0. The summed E-state index contributed by atoms with van der Waals surface area (Å²) < 4.78 is 10.6. The lowest BCUT2D eigenvalue weighted by Gasteiger charge is -2.36. The van der Waals surface area contributed by atoms with Gasteiger partial charge in [0.1, 0.15) is 11.5 Å². The second-order valence-electron chi connectivity index (χ2n) is 7.63. The van der Waals surface area contributed by atoms with Crippen molar-refractivity contribution in [1.82, 2.24) is 4.90 Å². The van der Waals surface area contributed by atoms with Crippen LogP contribution in [0.4, 0.5) is 5.69 Å². The van der Waals surface area contributed by atoms with Gasteiger partial charge in [-0.15, -0.1) is 0 Å². The monoisotopic (exact) mass is 360 g/mol. The van der Waals surface area contributed by atoms with Crippen LogP contribution in [0.2, 0.25) is 0 Å². The minimum Gasteiger partial charge on any atom is -0.497 e. The molecule has 0 saturated carbocycles. The summed E-state index contributed by atoms with van der Waals surface area (Å²) in [4.78, 5) is 29.2. The van der Waals surface area contributed by atoms with E-state index in [0.29, 0.717) is 35.6 Å². The second kappa shape index (κ2) is 7.56. The third-order valence-electron chi connectivity index (χ3n) is 5.33. The number of carbonyl (C=O) groups excluding carboxylic acids is 2. The zero-order valence-electron chi connectivity index (χ0n) is 16.0. The van der Waals surface area contributed by atoms with Crippen LogP contribution in [0.3, 0.4) is 0 Å². The van der Waals surface area contributed by atoms with Crippen LogP contribution in [-0.2, 0) is 9.59 Å². The molecule has 2 saturated heterocycles. The quantitative estimate of drug-likeness (QED) is 0.828. The summed E-state index contributed by atoms with van der Waals surface area (Å²) in [6.07, 6.45) is 1.41. The zero-order chi connectivity index (χ0) is 18.8. The van der Waals surface area contributed by atoms with Gasteiger partial charge >= 0.3 is 0 Å². The van der Waals surface area contributed by atoms with Crippen molar-refractivity contribution in [2.45, 2.75) is 26.7 Å². The van der Waals surface area contributed by atoms with Crippen molar-refractivity contribution in [1.29, 1.82) is 0 Å². The Labute approximate surface area is 155 Å². The maximum absolute atomic E-state index is 13.0. The summed E-state index contributed by atoms with van der Waals surface area (Å²) in [6.45, 7) is 6.35. The van der Waals surface area contributed by atoms with Crippen LogP contribution < -0.4 is 14.4 Å². The summed E-state index contributed by atoms with van der Waals surface area (Å²) in [5.41, 5.74) is 0.689. The lowest BCUT2D eigenvalue weighted by Crippen LogP contribution is -2.45. The Morgan fingerprint density at radius 3 is 2.38 bits per heavy atom. The van der Waals surface area contributed by atoms with Crippen LogP contribution in [0, 0.1) is 17.8 Å². The number of carbonyl (C=O) groups is 2. The third kappa shape index (κ3) is 3.64. The van der Waals surface area contributed by atoms with Crippen LogP contribution in [-0.4, -0.2) is 50.6 Å². The molecular formula is C20H28N2O4. The van der Waals surface area contributed by atoms with Gasteiger partial charge in [-0.1, -0.05) is 13.8 Å². The van der Waals surface area contributed by atoms with Crippen molar-refractivity contribution in [2.24, 2.45) is 17.8 Å². The van der Waals surface area contributed by atoms with E-state index in [0.717, 1.165) is 19.5 Å². The highest BCUT2D eigenvalue weighted by Gasteiger charge is 2.39. The molecule has 0 N–H and O–H groups in total. The molecule has 3 atom stereocenters. The summed E-state index contributed by atoms with van der Waals surface area (Å²) in [7, 11) is 3.16. The minimum absolute atomic E-state index is 0.0371. The molecule has 2 aliphatic heterocycles. The molecule has 0 unspecified atom stereocenters. The Bertz CT molecular complexity index is 680. The van der Waals surface area contributed by atoms with Crippen LogP contribution in [0.1, 0.15) is 26.7 Å². The number of benzene rings is 1. The first-order valence-corrected chi connectivity index (χ1v) is 9.24. The minimum atomic E-state index is -0.285. The van der Waals surface area contributed by atoms with Gasteiger partial charge in [-0.25, -0.2) is 0 Å². The van der Waals surface area contributed by atoms with Crippen molar-refractivity contribution in [2.75, 3.05) is 38.8 Å². The van der Waals surface area contributed by atoms with Gasteiger partial charge in [-0.3, -0.25) is 9.59 Å². The van der Waals surface area contributed by atoms with Crippen LogP contribution in [0.15, 0.2) is 18.2 Å². The van der Waals surface area contributed by atoms with Crippen molar-refractivity contribution in [3.63, 3.8) is 0 Å². The fraction of sp³-hybridized carbons (Fsp3) is 0.600. The van der Waals surface area contributed by atoms with Gasteiger partial charge in [0.25, 0.3) is 0 Å². The van der Waals surface area contributed by atoms with E-state index in [1.165, 1.54) is 0 Å². The smallest absolute Gasteiger partial charge is 0.228 e. The van der Waals surface area contributed by atoms with Gasteiger partial charge in [0.15, 0.2) is 0 Å². The van der Waals surface area contributed by atoms with Gasteiger partial charge in [0.05, 0.1) is 25.8 Å². The molecule has 2 fully saturated rings. The molecule has 6 heteroatoms. The molecule has 142 valence electrons. The van der Waals surface area contributed by atoms with Crippen molar-refractivity contribution in [3.8, 4) is 11.5 Å². The van der Waals surface area contributed by atoms with E-state index in [2.05, 4.69) is 13.8 Å². The predicted molar refractivity (Wildman–Crippen MR) is 99.5 cm³/mol. The molecule has 1 aromatic carbocycles. The Morgan fingerprint density at radius 1 is 1.08 bits per heavy atom. The molecule has 2 amide bonds. The molecular weight excluding hydrogens is 332 g/mol. The number of rotatable bonds is 4. The summed E-state index contributed by atoms with van der Waals surface area (Å²) >= 11 is 0. The lowest BCUT2D eigenvalue weighted by molar-refractivity contribution is -0.138. The molecule has 26 heavy (non-hydrogen) atoms. The van der Waals surface area contributed by atoms with Gasteiger partial charge in [-0.2, -0.15) is 0 Å². The van der Waals surface area contributed by atoms with E-state index < -0.39 is 0 Å². The average molecular weight is 360 g/mol. The molecule has 0 spiro atoms. The largest absolute Gasteiger partial charge is 0.497 e. The number of anilines is 1. The Balaban J connectivity index is 1.75. The first-order valence-electron chi connectivity index (χ1n) is 9.24. The fourth-order valence-electron chi connectivity index (χ4n) is 4.21. The highest BCUT2D eigenvalue weighted by molar-refractivity contribution is 6.01. The molecule has 2 heterocycles. The summed E-state index contributed by atoms with van der Waals surface area (Å²) in [6, 6.07) is 5.37. The van der Waals surface area contributed by atoms with Gasteiger partial charge < -0.3 is 19.3 Å². The van der Waals surface area contributed by atoms with Crippen LogP contribution >= 0.6 is 0 Å². The molecule has 0 aromatic heterocycles. The first-order chi connectivity index (χ1) is 12.4. The number of ether oxygens (including phenoxy) is 2. The number of amides is 2. The highest BCUT2D eigenvalue weighted by atomic mass is 16.5. The number of likely N-dealkylation sites (tertiary alicyclic amines) is 1. The number of hydrogen-bond acceptors (Lipinski definition) is 4. The fourth-order valence-corrected chi connectivity index (χ4v) is 4.21. The number of piperidine rings is 1. The molecule has 1 aromatic rings. The molecule has 0 bridgehead atoms. The van der Waals surface area contributed by atoms with E-state index in [-0.39, 0.29) is 24.2 Å². The standard InChI is InChI=1S/C20H28N2O4/c1-13-7-14(2)11-21(10-13)20(24)15-8-19(23)22(12-15)17-6-5-16(25-3)9-18(17)26-4/h5-6,9,13-15H,7-8,10-12H2,1-4H3/t13-,14-,15+/m1/s1. The van der Waals surface area contributed by atoms with Gasteiger partial charge in [0, 0.05) is 32.1 Å². The van der Waals surface area contributed by atoms with Gasteiger partial charge in [0.2, 0.25) is 11.8 Å². The molecule has 0 radical (unpaired) electrons. The highest BCUT2D eigenvalue weighted by Crippen LogP contribution is 2.36. The normalized spacial score (nSPS) is 26.2. The van der Waals surface area contributed by atoms with Crippen molar-refractivity contribution >= 4 is 17.5 Å². The molecule has 6 nitrogen and oxygen atoms in total. The first kappa shape index (κ1) is 18.5.